The molecule has 0 atom stereocenters. The standard InChI is InChI=1S/C6H4Cl3N3O/c7-4-3(1-2-10-13)5(8)12-6(9)11-4/h2,13H,1H2. The number of halogens is 3. The summed E-state index contributed by atoms with van der Waals surface area (Å²) in [6, 6.07) is 0. The summed E-state index contributed by atoms with van der Waals surface area (Å²) in [6.07, 6.45) is 1.48. The monoisotopic (exact) mass is 239 g/mol. The molecular formula is C6H4Cl3N3O. The Morgan fingerprint density at radius 2 is 1.77 bits per heavy atom. The van der Waals surface area contributed by atoms with E-state index in [1.807, 2.05) is 0 Å². The summed E-state index contributed by atoms with van der Waals surface area (Å²) in [5, 5.41) is 11.3. The maximum Gasteiger partial charge on any atom is 0.225 e. The second kappa shape index (κ2) is 4.60. The van der Waals surface area contributed by atoms with Crippen molar-refractivity contribution in [2.75, 3.05) is 0 Å². The molecule has 1 aromatic rings. The predicted octanol–water partition coefficient (Wildman–Crippen LogP) is 2.44. The summed E-state index contributed by atoms with van der Waals surface area (Å²) in [5.74, 6) is 0. The van der Waals surface area contributed by atoms with Gasteiger partial charge in [0.1, 0.15) is 10.3 Å². The smallest absolute Gasteiger partial charge is 0.225 e. The minimum Gasteiger partial charge on any atom is -0.411 e. The molecule has 0 bridgehead atoms. The predicted molar refractivity (Wildman–Crippen MR) is 51.0 cm³/mol. The maximum absolute atomic E-state index is 8.18. The fourth-order valence-electron chi connectivity index (χ4n) is 0.708. The third-order valence-electron chi connectivity index (χ3n) is 1.26. The van der Waals surface area contributed by atoms with E-state index in [0.717, 1.165) is 0 Å². The van der Waals surface area contributed by atoms with Crippen molar-refractivity contribution in [3.8, 4) is 0 Å². The van der Waals surface area contributed by atoms with Crippen molar-refractivity contribution in [2.45, 2.75) is 6.42 Å². The number of hydrogen-bond donors (Lipinski definition) is 1. The highest BCUT2D eigenvalue weighted by atomic mass is 35.5. The van der Waals surface area contributed by atoms with Crippen LogP contribution >= 0.6 is 34.8 Å². The van der Waals surface area contributed by atoms with Crippen LogP contribution in [0.1, 0.15) is 5.56 Å². The fourth-order valence-corrected chi connectivity index (χ4v) is 1.50. The molecule has 0 radical (unpaired) electrons. The SMILES string of the molecule is ON=CCc1c(Cl)nc(Cl)nc1Cl. The molecule has 0 aromatic carbocycles. The van der Waals surface area contributed by atoms with Crippen LogP contribution < -0.4 is 0 Å². The Kier molecular flexibility index (Phi) is 3.71. The van der Waals surface area contributed by atoms with E-state index in [1.54, 1.807) is 0 Å². The van der Waals surface area contributed by atoms with E-state index in [9.17, 15) is 0 Å². The Hall–Kier alpha value is -0.580. The molecule has 0 unspecified atom stereocenters. The molecule has 1 rings (SSSR count). The Bertz CT molecular complexity index is 319. The summed E-state index contributed by atoms with van der Waals surface area (Å²) in [6.45, 7) is 0. The topological polar surface area (TPSA) is 58.4 Å². The lowest BCUT2D eigenvalue weighted by molar-refractivity contribution is 0.321. The lowest BCUT2D eigenvalue weighted by atomic mass is 10.2. The van der Waals surface area contributed by atoms with Gasteiger partial charge in [-0.1, -0.05) is 23.2 Å². The molecule has 0 fully saturated rings. The third kappa shape index (κ3) is 2.69. The summed E-state index contributed by atoms with van der Waals surface area (Å²) < 4.78 is 0. The molecule has 0 spiro atoms. The van der Waals surface area contributed by atoms with E-state index in [2.05, 4.69) is 15.1 Å². The lowest BCUT2D eigenvalue weighted by Crippen LogP contribution is -1.95. The molecule has 1 aromatic heterocycles. The molecule has 1 N–H and O–H groups in total. The van der Waals surface area contributed by atoms with Crippen LogP contribution in [0, 0.1) is 0 Å². The Balaban J connectivity index is 3.05. The van der Waals surface area contributed by atoms with Gasteiger partial charge in [0.15, 0.2) is 0 Å². The maximum atomic E-state index is 8.18. The first kappa shape index (κ1) is 10.5. The van der Waals surface area contributed by atoms with Crippen LogP contribution in [0.3, 0.4) is 0 Å². The average molecular weight is 240 g/mol. The molecule has 0 saturated carbocycles. The molecule has 70 valence electrons. The van der Waals surface area contributed by atoms with Crippen molar-refractivity contribution in [1.82, 2.24) is 9.97 Å². The normalized spacial score (nSPS) is 11.0. The first-order valence-corrected chi connectivity index (χ1v) is 4.32. The first-order chi connectivity index (χ1) is 6.15. The molecule has 1 heterocycles. The Morgan fingerprint density at radius 1 is 1.23 bits per heavy atom. The van der Waals surface area contributed by atoms with Crippen molar-refractivity contribution in [3.05, 3.63) is 21.2 Å². The quantitative estimate of drug-likeness (QED) is 0.284. The van der Waals surface area contributed by atoms with Gasteiger partial charge in [-0.3, -0.25) is 0 Å². The van der Waals surface area contributed by atoms with E-state index in [0.29, 0.717) is 5.56 Å². The zero-order chi connectivity index (χ0) is 9.84. The van der Waals surface area contributed by atoms with Gasteiger partial charge < -0.3 is 5.21 Å². The van der Waals surface area contributed by atoms with E-state index >= 15 is 0 Å². The number of rotatable bonds is 2. The van der Waals surface area contributed by atoms with Crippen molar-refractivity contribution in [2.24, 2.45) is 5.16 Å². The summed E-state index contributed by atoms with van der Waals surface area (Å²) in [4.78, 5) is 7.36. The van der Waals surface area contributed by atoms with E-state index in [-0.39, 0.29) is 22.0 Å². The molecule has 0 aliphatic carbocycles. The van der Waals surface area contributed by atoms with Gasteiger partial charge in [0, 0.05) is 18.2 Å². The van der Waals surface area contributed by atoms with Crippen LogP contribution in [-0.4, -0.2) is 21.4 Å². The fraction of sp³-hybridized carbons (Fsp3) is 0.167. The van der Waals surface area contributed by atoms with E-state index in [4.69, 9.17) is 40.0 Å². The first-order valence-electron chi connectivity index (χ1n) is 3.18. The largest absolute Gasteiger partial charge is 0.411 e. The van der Waals surface area contributed by atoms with Crippen molar-refractivity contribution < 1.29 is 5.21 Å². The second-order valence-electron chi connectivity index (χ2n) is 2.05. The molecule has 0 saturated heterocycles. The highest BCUT2D eigenvalue weighted by molar-refractivity contribution is 6.36. The summed E-state index contributed by atoms with van der Waals surface area (Å²) in [7, 11) is 0. The molecule has 4 nitrogen and oxygen atoms in total. The molecule has 0 aliphatic rings. The molecular weight excluding hydrogens is 236 g/mol. The number of oxime groups is 1. The number of nitrogens with zero attached hydrogens (tertiary/aromatic N) is 3. The van der Waals surface area contributed by atoms with Crippen molar-refractivity contribution in [3.63, 3.8) is 0 Å². The van der Waals surface area contributed by atoms with Crippen LogP contribution in [0.15, 0.2) is 5.16 Å². The highest BCUT2D eigenvalue weighted by Gasteiger charge is 2.09. The van der Waals surface area contributed by atoms with Crippen molar-refractivity contribution >= 4 is 41.0 Å². The minimum atomic E-state index is -0.0142. The van der Waals surface area contributed by atoms with Crippen molar-refractivity contribution in [1.29, 1.82) is 0 Å². The lowest BCUT2D eigenvalue weighted by Gasteiger charge is -2.01. The van der Waals surface area contributed by atoms with Gasteiger partial charge in [-0.2, -0.15) is 0 Å². The third-order valence-corrected chi connectivity index (χ3v) is 2.05. The van der Waals surface area contributed by atoms with Crippen LogP contribution in [0.5, 0.6) is 0 Å². The zero-order valence-electron chi connectivity index (χ0n) is 6.21. The van der Waals surface area contributed by atoms with Gasteiger partial charge in [0.05, 0.1) is 0 Å². The summed E-state index contributed by atoms with van der Waals surface area (Å²) in [5.41, 5.74) is 0.477. The van der Waals surface area contributed by atoms with E-state index in [1.165, 1.54) is 6.21 Å². The highest BCUT2D eigenvalue weighted by Crippen LogP contribution is 2.22. The van der Waals surface area contributed by atoms with Gasteiger partial charge in [-0.15, -0.1) is 5.16 Å². The second-order valence-corrected chi connectivity index (χ2v) is 3.11. The van der Waals surface area contributed by atoms with Crippen LogP contribution in [0.25, 0.3) is 0 Å². The van der Waals surface area contributed by atoms with Gasteiger partial charge in [-0.25, -0.2) is 9.97 Å². The average Bonchev–Trinajstić information content (AvgIpc) is 2.02. The van der Waals surface area contributed by atoms with Gasteiger partial charge in [0.25, 0.3) is 0 Å². The van der Waals surface area contributed by atoms with Crippen LogP contribution in [0.2, 0.25) is 15.6 Å². The van der Waals surface area contributed by atoms with E-state index < -0.39 is 0 Å². The van der Waals surface area contributed by atoms with Crippen LogP contribution in [0.4, 0.5) is 0 Å². The zero-order valence-corrected chi connectivity index (χ0v) is 8.47. The van der Waals surface area contributed by atoms with Gasteiger partial charge in [0.2, 0.25) is 5.28 Å². The molecule has 7 heteroatoms. The number of aromatic nitrogens is 2. The molecule has 0 aliphatic heterocycles. The minimum absolute atomic E-state index is 0.0142. The van der Waals surface area contributed by atoms with Gasteiger partial charge >= 0.3 is 0 Å². The Labute approximate surface area is 89.2 Å². The number of hydrogen-bond acceptors (Lipinski definition) is 4. The van der Waals surface area contributed by atoms with Crippen LogP contribution in [-0.2, 0) is 6.42 Å². The molecule has 13 heavy (non-hydrogen) atoms. The van der Waals surface area contributed by atoms with Gasteiger partial charge in [-0.05, 0) is 11.6 Å². The molecule has 0 amide bonds. The Morgan fingerprint density at radius 3 is 2.23 bits per heavy atom. The summed E-state index contributed by atoms with van der Waals surface area (Å²) >= 11 is 16.9.